The summed E-state index contributed by atoms with van der Waals surface area (Å²) in [5, 5.41) is -0.0881. The number of hydrogen-bond acceptors (Lipinski definition) is 3. The van der Waals surface area contributed by atoms with Crippen LogP contribution >= 0.6 is 0 Å². The molecule has 1 saturated carbocycles. The summed E-state index contributed by atoms with van der Waals surface area (Å²) in [6.45, 7) is 41.8. The van der Waals surface area contributed by atoms with Gasteiger partial charge in [0.15, 0.2) is 0 Å². The molecule has 0 bridgehead atoms. The molecule has 1 atom stereocenters. The van der Waals surface area contributed by atoms with Crippen LogP contribution in [0.2, 0.25) is 0 Å². The Balaban J connectivity index is -0.000000505. The van der Waals surface area contributed by atoms with Crippen molar-refractivity contribution in [2.45, 2.75) is 174 Å². The molecule has 0 aromatic heterocycles. The summed E-state index contributed by atoms with van der Waals surface area (Å²) in [7, 11) is -2.94. The Morgan fingerprint density at radius 1 is 0.773 bits per heavy atom. The van der Waals surface area contributed by atoms with Crippen molar-refractivity contribution in [1.82, 2.24) is 4.72 Å². The fourth-order valence-electron chi connectivity index (χ4n) is 2.89. The van der Waals surface area contributed by atoms with E-state index in [9.17, 15) is 8.42 Å². The van der Waals surface area contributed by atoms with Gasteiger partial charge in [0.05, 0.1) is 18.0 Å². The van der Waals surface area contributed by atoms with Crippen LogP contribution < -0.4 is 4.72 Å². The van der Waals surface area contributed by atoms with Crippen molar-refractivity contribution in [2.75, 3.05) is 6.61 Å². The third kappa shape index (κ3) is 26.1. The van der Waals surface area contributed by atoms with Gasteiger partial charge in [-0.25, -0.2) is 13.1 Å². The van der Waals surface area contributed by atoms with Gasteiger partial charge in [-0.2, -0.15) is 0 Å². The first-order chi connectivity index (χ1) is 19.9. The van der Waals surface area contributed by atoms with Crippen molar-refractivity contribution in [3.63, 3.8) is 0 Å². The van der Waals surface area contributed by atoms with Crippen LogP contribution in [0.3, 0.4) is 0 Å². The quantitative estimate of drug-likeness (QED) is 0.259. The molecule has 2 rings (SSSR count). The Kier molecular flexibility index (Phi) is 24.9. The molecule has 0 saturated heterocycles. The molecule has 262 valence electrons. The van der Waals surface area contributed by atoms with E-state index in [1.54, 1.807) is 0 Å². The first-order valence-corrected chi connectivity index (χ1v) is 18.9. The highest BCUT2D eigenvalue weighted by atomic mass is 32.2. The van der Waals surface area contributed by atoms with Crippen molar-refractivity contribution < 1.29 is 13.2 Å². The standard InChI is InChI=1S/C12H18.C11H22O.C8H18.C6H13NO2S.C2H6/c1-9(2)11-6-5-7-12(8-11)10(3)4;1-9(2)6-7-11(5)8-12-10(3)4;1-7(2,3)8(4,5)6;1-5(2)7-10(8,9)6-3-4-6;1-2/h5-10H,1-4H3;6-7,9-11H,8H2,1-5H3;1-6H3;5-7H,3-4H2,1-2H3;1-2H3/b;7-6+;;;. The highest BCUT2D eigenvalue weighted by Gasteiger charge is 2.35. The van der Waals surface area contributed by atoms with Crippen LogP contribution in [0.1, 0.15) is 167 Å². The average Bonchev–Trinajstić information content (AvgIpc) is 3.73. The molecule has 44 heavy (non-hydrogen) atoms. The molecule has 0 radical (unpaired) electrons. The fraction of sp³-hybridized carbons (Fsp3) is 0.795. The minimum absolute atomic E-state index is 0.0330. The summed E-state index contributed by atoms with van der Waals surface area (Å²) in [5.41, 5.74) is 3.77. The zero-order valence-corrected chi connectivity index (χ0v) is 33.6. The summed E-state index contributed by atoms with van der Waals surface area (Å²) in [6.07, 6.45) is 6.48. The summed E-state index contributed by atoms with van der Waals surface area (Å²) in [6, 6.07) is 8.91. The third-order valence-electron chi connectivity index (χ3n) is 7.37. The lowest BCUT2D eigenvalue weighted by Crippen LogP contribution is -2.32. The molecule has 0 amide bonds. The minimum atomic E-state index is -2.94. The molecule has 1 unspecified atom stereocenters. The molecule has 0 aliphatic heterocycles. The number of rotatable bonds is 10. The van der Waals surface area contributed by atoms with Gasteiger partial charge >= 0.3 is 0 Å². The topological polar surface area (TPSA) is 55.4 Å². The van der Waals surface area contributed by atoms with Gasteiger partial charge in [0.2, 0.25) is 10.0 Å². The van der Waals surface area contributed by atoms with Crippen molar-refractivity contribution in [3.05, 3.63) is 47.5 Å². The van der Waals surface area contributed by atoms with E-state index >= 15 is 0 Å². The van der Waals surface area contributed by atoms with Gasteiger partial charge in [0, 0.05) is 6.04 Å². The molecule has 1 aliphatic carbocycles. The van der Waals surface area contributed by atoms with Crippen LogP contribution in [0.4, 0.5) is 0 Å². The summed E-state index contributed by atoms with van der Waals surface area (Å²) < 4.78 is 30.2. The van der Waals surface area contributed by atoms with Gasteiger partial charge in [-0.1, -0.05) is 140 Å². The van der Waals surface area contributed by atoms with Gasteiger partial charge in [-0.3, -0.25) is 0 Å². The van der Waals surface area contributed by atoms with Crippen LogP contribution in [-0.2, 0) is 14.8 Å². The number of benzene rings is 1. The zero-order valence-electron chi connectivity index (χ0n) is 32.8. The smallest absolute Gasteiger partial charge is 0.214 e. The predicted octanol–water partition coefficient (Wildman–Crippen LogP) is 11.8. The maximum atomic E-state index is 11.1. The largest absolute Gasteiger partial charge is 0.378 e. The summed E-state index contributed by atoms with van der Waals surface area (Å²) in [5.74, 6) is 2.47. The SMILES string of the molecule is CC.CC(C)(C)C(C)(C)C.CC(C)/C=C/C(C)COC(C)C.CC(C)NS(=O)(=O)C1CC1.CC(C)c1cccc(C(C)C)c1. The Morgan fingerprint density at radius 3 is 1.45 bits per heavy atom. The molecule has 1 aromatic carbocycles. The second kappa shape index (κ2) is 23.2. The van der Waals surface area contributed by atoms with Gasteiger partial charge in [0.1, 0.15) is 0 Å². The minimum Gasteiger partial charge on any atom is -0.378 e. The Bertz CT molecular complexity index is 923. The van der Waals surface area contributed by atoms with Crippen molar-refractivity contribution in [2.24, 2.45) is 22.7 Å². The Morgan fingerprint density at radius 2 is 1.18 bits per heavy atom. The Labute approximate surface area is 277 Å². The third-order valence-corrected chi connectivity index (χ3v) is 9.52. The molecule has 4 nitrogen and oxygen atoms in total. The van der Waals surface area contributed by atoms with Crippen molar-refractivity contribution in [3.8, 4) is 0 Å². The lowest BCUT2D eigenvalue weighted by Gasteiger charge is -2.34. The van der Waals surface area contributed by atoms with Gasteiger partial charge in [-0.05, 0) is 86.2 Å². The van der Waals surface area contributed by atoms with E-state index in [0.29, 0.717) is 40.6 Å². The molecule has 5 heteroatoms. The van der Waals surface area contributed by atoms with Crippen LogP contribution in [0, 0.1) is 22.7 Å². The molecule has 1 N–H and O–H groups in total. The molecule has 0 heterocycles. The van der Waals surface area contributed by atoms with E-state index in [1.165, 1.54) is 11.1 Å². The van der Waals surface area contributed by atoms with Gasteiger partial charge in [-0.15, -0.1) is 0 Å². The number of ether oxygens (including phenoxy) is 1. The van der Waals surface area contributed by atoms with Gasteiger partial charge < -0.3 is 4.74 Å². The summed E-state index contributed by atoms with van der Waals surface area (Å²) >= 11 is 0. The van der Waals surface area contributed by atoms with E-state index in [1.807, 2.05) is 27.7 Å². The Hall–Kier alpha value is -1.17. The van der Waals surface area contributed by atoms with Crippen LogP contribution in [-0.4, -0.2) is 32.4 Å². The monoisotopic (exact) mass is 640 g/mol. The number of nitrogens with one attached hydrogen (secondary N) is 1. The highest BCUT2D eigenvalue weighted by Crippen LogP contribution is 2.36. The second-order valence-corrected chi connectivity index (χ2v) is 17.5. The van der Waals surface area contributed by atoms with Crippen LogP contribution in [0.15, 0.2) is 36.4 Å². The van der Waals surface area contributed by atoms with E-state index in [-0.39, 0.29) is 11.3 Å². The maximum Gasteiger partial charge on any atom is 0.214 e. The number of hydrogen-bond donors (Lipinski definition) is 1. The van der Waals surface area contributed by atoms with Crippen LogP contribution in [0.25, 0.3) is 0 Å². The van der Waals surface area contributed by atoms with Crippen molar-refractivity contribution >= 4 is 10.0 Å². The fourth-order valence-corrected chi connectivity index (χ4v) is 4.50. The zero-order chi connectivity index (χ0) is 35.5. The van der Waals surface area contributed by atoms with E-state index in [4.69, 9.17) is 4.74 Å². The number of sulfonamides is 1. The summed E-state index contributed by atoms with van der Waals surface area (Å²) in [4.78, 5) is 0. The average molecular weight is 640 g/mol. The second-order valence-electron chi connectivity index (χ2n) is 15.5. The number of allylic oxidation sites excluding steroid dienone is 1. The lowest BCUT2D eigenvalue weighted by molar-refractivity contribution is 0.0647. The first-order valence-electron chi connectivity index (χ1n) is 17.3. The first kappa shape index (κ1) is 47.2. The van der Waals surface area contributed by atoms with E-state index in [2.05, 4.69) is 145 Å². The molecule has 1 fully saturated rings. The van der Waals surface area contributed by atoms with Gasteiger partial charge in [0.25, 0.3) is 0 Å². The molecular weight excluding hydrogens is 563 g/mol. The van der Waals surface area contributed by atoms with E-state index in [0.717, 1.165) is 19.4 Å². The normalized spacial score (nSPS) is 14.4. The molecule has 1 aliphatic rings. The molecule has 0 spiro atoms. The highest BCUT2D eigenvalue weighted by molar-refractivity contribution is 7.90. The lowest BCUT2D eigenvalue weighted by atomic mass is 9.71. The van der Waals surface area contributed by atoms with Crippen LogP contribution in [0.5, 0.6) is 0 Å². The maximum absolute atomic E-state index is 11.1. The predicted molar refractivity (Wildman–Crippen MR) is 199 cm³/mol. The van der Waals surface area contributed by atoms with Crippen molar-refractivity contribution in [1.29, 1.82) is 0 Å². The van der Waals surface area contributed by atoms with E-state index < -0.39 is 10.0 Å². The molecule has 1 aromatic rings. The molecular formula is C39H77NO3S.